The Balaban J connectivity index is 1.46. The van der Waals surface area contributed by atoms with Gasteiger partial charge in [-0.15, -0.1) is 0 Å². The number of benzene rings is 1. The third-order valence-corrected chi connectivity index (χ3v) is 6.01. The van der Waals surface area contributed by atoms with Crippen LogP contribution in [0.4, 0.5) is 10.5 Å². The summed E-state index contributed by atoms with van der Waals surface area (Å²) in [5, 5.41) is 5.49. The highest BCUT2D eigenvalue weighted by Gasteiger charge is 2.31. The number of quaternary nitrogens is 1. The Kier molecular flexibility index (Phi) is 7.14. The predicted molar refractivity (Wildman–Crippen MR) is 109 cm³/mol. The number of rotatable bonds is 5. The number of anilines is 1. The van der Waals surface area contributed by atoms with Gasteiger partial charge in [-0.3, -0.25) is 10.1 Å². The molecular formula is C21H33N4O3+. The number of piperazine rings is 1. The van der Waals surface area contributed by atoms with Gasteiger partial charge in [-0.2, -0.15) is 0 Å². The van der Waals surface area contributed by atoms with Gasteiger partial charge in [-0.1, -0.05) is 31.4 Å². The van der Waals surface area contributed by atoms with Gasteiger partial charge in [0.15, 0.2) is 6.04 Å². The Morgan fingerprint density at radius 2 is 1.82 bits per heavy atom. The summed E-state index contributed by atoms with van der Waals surface area (Å²) >= 11 is 0. The van der Waals surface area contributed by atoms with Crippen LogP contribution >= 0.6 is 0 Å². The number of hydrogen-bond donors (Lipinski definition) is 3. The highest BCUT2D eigenvalue weighted by Crippen LogP contribution is 2.27. The Hall–Kier alpha value is -2.28. The van der Waals surface area contributed by atoms with Crippen molar-refractivity contribution in [2.75, 3.05) is 38.2 Å². The van der Waals surface area contributed by atoms with Crippen LogP contribution in [0.2, 0.25) is 0 Å². The maximum absolute atomic E-state index is 12.5. The van der Waals surface area contributed by atoms with E-state index >= 15 is 0 Å². The van der Waals surface area contributed by atoms with E-state index in [-0.39, 0.29) is 24.0 Å². The summed E-state index contributed by atoms with van der Waals surface area (Å²) < 4.78 is 5.46. The fourth-order valence-electron chi connectivity index (χ4n) is 4.23. The summed E-state index contributed by atoms with van der Waals surface area (Å²) in [6.07, 6.45) is 5.55. The van der Waals surface area contributed by atoms with Crippen LogP contribution in [0.5, 0.6) is 5.75 Å². The molecule has 1 aromatic carbocycles. The van der Waals surface area contributed by atoms with Gasteiger partial charge in [0.05, 0.1) is 39.0 Å². The van der Waals surface area contributed by atoms with Gasteiger partial charge in [0, 0.05) is 6.04 Å². The summed E-state index contributed by atoms with van der Waals surface area (Å²) in [6.45, 7) is 5.29. The lowest BCUT2D eigenvalue weighted by molar-refractivity contribution is -0.914. The molecule has 7 heteroatoms. The van der Waals surface area contributed by atoms with Crippen LogP contribution in [0.1, 0.15) is 39.0 Å². The third kappa shape index (κ3) is 5.16. The van der Waals surface area contributed by atoms with E-state index < -0.39 is 0 Å². The lowest BCUT2D eigenvalue weighted by Gasteiger charge is -2.36. The average Bonchev–Trinajstić information content (AvgIpc) is 2.74. The van der Waals surface area contributed by atoms with Gasteiger partial charge in [0.25, 0.3) is 5.91 Å². The maximum atomic E-state index is 12.5. The Morgan fingerprint density at radius 3 is 2.50 bits per heavy atom. The first-order valence-electron chi connectivity index (χ1n) is 10.4. The molecule has 154 valence electrons. The fraction of sp³-hybridized carbons (Fsp3) is 0.619. The fourth-order valence-corrected chi connectivity index (χ4v) is 4.23. The van der Waals surface area contributed by atoms with Crippen LogP contribution < -0.4 is 25.2 Å². The van der Waals surface area contributed by atoms with E-state index in [1.54, 1.807) is 7.11 Å². The summed E-state index contributed by atoms with van der Waals surface area (Å²) in [6, 6.07) is 7.61. The summed E-state index contributed by atoms with van der Waals surface area (Å²) in [5.74, 6) is 0.671. The molecule has 1 atom stereocenters. The van der Waals surface area contributed by atoms with Crippen molar-refractivity contribution in [3.05, 3.63) is 24.3 Å². The average molecular weight is 390 g/mol. The van der Waals surface area contributed by atoms with Gasteiger partial charge >= 0.3 is 6.03 Å². The molecule has 0 aromatic heterocycles. The minimum Gasteiger partial charge on any atom is -0.495 e. The van der Waals surface area contributed by atoms with Crippen molar-refractivity contribution in [1.82, 2.24) is 10.6 Å². The molecule has 0 spiro atoms. The van der Waals surface area contributed by atoms with Gasteiger partial charge in [-0.25, -0.2) is 4.79 Å². The van der Waals surface area contributed by atoms with Crippen molar-refractivity contribution in [2.24, 2.45) is 0 Å². The molecule has 1 aliphatic carbocycles. The van der Waals surface area contributed by atoms with Crippen molar-refractivity contribution in [2.45, 2.75) is 51.1 Å². The second-order valence-corrected chi connectivity index (χ2v) is 7.84. The topological polar surface area (TPSA) is 75.1 Å². The van der Waals surface area contributed by atoms with Crippen molar-refractivity contribution in [1.29, 1.82) is 0 Å². The largest absolute Gasteiger partial charge is 0.495 e. The number of amides is 3. The number of methoxy groups -OCH3 is 1. The van der Waals surface area contributed by atoms with E-state index in [1.807, 2.05) is 25.1 Å². The van der Waals surface area contributed by atoms with Crippen LogP contribution in [0, 0.1) is 0 Å². The van der Waals surface area contributed by atoms with Crippen molar-refractivity contribution < 1.29 is 19.2 Å². The SMILES string of the molecule is COc1ccccc1N1CC[NH+]([C@@H](C)C(=O)NC(=O)NC2CCCCC2)CC1. The number of imide groups is 1. The second kappa shape index (κ2) is 9.78. The van der Waals surface area contributed by atoms with Gasteiger partial charge in [0.1, 0.15) is 5.75 Å². The van der Waals surface area contributed by atoms with Crippen LogP contribution in [-0.4, -0.2) is 57.3 Å². The normalized spacial score (nSPS) is 19.7. The van der Waals surface area contributed by atoms with E-state index in [9.17, 15) is 9.59 Å². The number of nitrogens with zero attached hydrogens (tertiary/aromatic N) is 1. The molecule has 1 aromatic rings. The molecule has 1 aliphatic heterocycles. The molecule has 1 saturated carbocycles. The number of para-hydroxylation sites is 2. The van der Waals surface area contributed by atoms with Crippen molar-refractivity contribution in [3.8, 4) is 5.75 Å². The first kappa shape index (κ1) is 20.5. The molecule has 2 aliphatic rings. The molecule has 3 rings (SSSR count). The highest BCUT2D eigenvalue weighted by atomic mass is 16.5. The van der Waals surface area contributed by atoms with Crippen molar-refractivity contribution >= 4 is 17.6 Å². The Labute approximate surface area is 167 Å². The first-order valence-corrected chi connectivity index (χ1v) is 10.4. The second-order valence-electron chi connectivity index (χ2n) is 7.84. The monoisotopic (exact) mass is 389 g/mol. The molecule has 7 nitrogen and oxygen atoms in total. The number of nitrogens with one attached hydrogen (secondary N) is 3. The lowest BCUT2D eigenvalue weighted by atomic mass is 9.96. The van der Waals surface area contributed by atoms with Crippen LogP contribution in [0.15, 0.2) is 24.3 Å². The van der Waals surface area contributed by atoms with E-state index in [0.29, 0.717) is 0 Å². The maximum Gasteiger partial charge on any atom is 0.321 e. The van der Waals surface area contributed by atoms with Crippen molar-refractivity contribution in [3.63, 3.8) is 0 Å². The Morgan fingerprint density at radius 1 is 1.14 bits per heavy atom. The third-order valence-electron chi connectivity index (χ3n) is 6.01. The zero-order valence-electron chi connectivity index (χ0n) is 17.0. The molecule has 1 heterocycles. The van der Waals surface area contributed by atoms with Crippen LogP contribution in [-0.2, 0) is 4.79 Å². The molecule has 28 heavy (non-hydrogen) atoms. The van der Waals surface area contributed by atoms with E-state index in [1.165, 1.54) is 11.3 Å². The van der Waals surface area contributed by atoms with Crippen LogP contribution in [0.25, 0.3) is 0 Å². The minimum atomic E-state index is -0.351. The standard InChI is InChI=1S/C21H32N4O3/c1-16(20(26)23-21(27)22-17-8-4-3-5-9-17)24-12-14-25(15-13-24)18-10-6-7-11-19(18)28-2/h6-7,10-11,16-17H,3-5,8-9,12-15H2,1-2H3,(H2,22,23,26,27)/p+1/t16-/m0/s1. The van der Waals surface area contributed by atoms with E-state index in [2.05, 4.69) is 21.6 Å². The number of ether oxygens (including phenoxy) is 1. The summed E-state index contributed by atoms with van der Waals surface area (Å²) in [4.78, 5) is 28.2. The summed E-state index contributed by atoms with van der Waals surface area (Å²) in [7, 11) is 1.69. The number of carbonyl (C=O) groups is 2. The van der Waals surface area contributed by atoms with E-state index in [4.69, 9.17) is 4.74 Å². The zero-order valence-corrected chi connectivity index (χ0v) is 17.0. The molecule has 0 unspecified atom stereocenters. The molecule has 0 radical (unpaired) electrons. The van der Waals surface area contributed by atoms with Gasteiger partial charge in [-0.05, 0) is 31.9 Å². The minimum absolute atomic E-state index is 0.200. The number of urea groups is 1. The highest BCUT2D eigenvalue weighted by molar-refractivity contribution is 5.96. The molecule has 0 bridgehead atoms. The zero-order chi connectivity index (χ0) is 19.9. The Bertz CT molecular complexity index is 667. The number of hydrogen-bond acceptors (Lipinski definition) is 4. The molecule has 3 amide bonds. The molecule has 2 fully saturated rings. The van der Waals surface area contributed by atoms with E-state index in [0.717, 1.165) is 63.3 Å². The molecular weight excluding hydrogens is 356 g/mol. The first-order chi connectivity index (χ1) is 13.6. The van der Waals surface area contributed by atoms with Gasteiger partial charge < -0.3 is 19.9 Å². The molecule has 1 saturated heterocycles. The molecule has 3 N–H and O–H groups in total. The predicted octanol–water partition coefficient (Wildman–Crippen LogP) is 0.947. The van der Waals surface area contributed by atoms with Gasteiger partial charge in [0.2, 0.25) is 0 Å². The lowest BCUT2D eigenvalue weighted by Crippen LogP contribution is -3.19. The smallest absolute Gasteiger partial charge is 0.321 e. The number of carbonyl (C=O) groups excluding carboxylic acids is 2. The van der Waals surface area contributed by atoms with Crippen LogP contribution in [0.3, 0.4) is 0 Å². The quantitative estimate of drug-likeness (QED) is 0.701. The summed E-state index contributed by atoms with van der Waals surface area (Å²) in [5.41, 5.74) is 1.09.